The van der Waals surface area contributed by atoms with Gasteiger partial charge >= 0.3 is 12.1 Å². The van der Waals surface area contributed by atoms with E-state index in [9.17, 15) is 22.8 Å². The quantitative estimate of drug-likeness (QED) is 0.489. The number of benzene rings is 1. The van der Waals surface area contributed by atoms with Gasteiger partial charge in [0.15, 0.2) is 10.9 Å². The van der Waals surface area contributed by atoms with Crippen molar-refractivity contribution in [1.29, 1.82) is 0 Å². The van der Waals surface area contributed by atoms with Crippen molar-refractivity contribution in [2.24, 2.45) is 4.99 Å². The Bertz CT molecular complexity index is 1140. The molecule has 0 saturated carbocycles. The highest BCUT2D eigenvalue weighted by atomic mass is 32.2. The van der Waals surface area contributed by atoms with Crippen molar-refractivity contribution < 1.29 is 37.0 Å². The van der Waals surface area contributed by atoms with Gasteiger partial charge in [0.1, 0.15) is 5.75 Å². The Kier molecular flexibility index (Phi) is 8.17. The minimum Gasteiger partial charge on any atom is -0.496 e. The summed E-state index contributed by atoms with van der Waals surface area (Å²) in [5.74, 6) is -1.18. The predicted molar refractivity (Wildman–Crippen MR) is 132 cm³/mol. The molecule has 0 aliphatic carbocycles. The standard InChI is InChI=1S/C25H28F3N3O5S/c1-14(2)36-23(33)20-21(17-8-4-5-9-18(17)34-3)31-15(11-19(32)29-12-16-7-6-10-35-16)13-37-24(31)30-22(20)25(26,27)28/h4-5,8-9,13-14,16,21H,6-7,10-12H2,1-3H3,(H,29,32)/t16-,21-/m0/s1. The lowest BCUT2D eigenvalue weighted by Crippen LogP contribution is -2.41. The van der Waals surface area contributed by atoms with Gasteiger partial charge in [0.25, 0.3) is 0 Å². The normalized spacial score (nSPS) is 21.5. The lowest BCUT2D eigenvalue weighted by atomic mass is 9.92. The summed E-state index contributed by atoms with van der Waals surface area (Å²) in [6, 6.07) is 5.22. The van der Waals surface area contributed by atoms with E-state index >= 15 is 0 Å². The number of carbonyl (C=O) groups excluding carboxylic acids is 2. The lowest BCUT2D eigenvalue weighted by molar-refractivity contribution is -0.145. The Morgan fingerprint density at radius 3 is 2.70 bits per heavy atom. The van der Waals surface area contributed by atoms with Gasteiger partial charge in [-0.1, -0.05) is 30.0 Å². The number of hydrogen-bond acceptors (Lipinski definition) is 8. The molecule has 12 heteroatoms. The molecule has 1 aromatic rings. The van der Waals surface area contributed by atoms with E-state index in [0.29, 0.717) is 24.4 Å². The Morgan fingerprint density at radius 2 is 2.05 bits per heavy atom. The molecule has 0 aromatic heterocycles. The minimum absolute atomic E-state index is 0.00579. The zero-order chi connectivity index (χ0) is 26.7. The summed E-state index contributed by atoms with van der Waals surface area (Å²) in [6.07, 6.45) is -3.99. The number of allylic oxidation sites excluding steroid dienone is 1. The molecule has 1 aromatic carbocycles. The van der Waals surface area contributed by atoms with Gasteiger partial charge in [0.05, 0.1) is 37.4 Å². The first kappa shape index (κ1) is 27.1. The molecule has 0 spiro atoms. The third kappa shape index (κ3) is 5.96. The Balaban J connectivity index is 1.74. The summed E-state index contributed by atoms with van der Waals surface area (Å²) in [5, 5.41) is 4.42. The SMILES string of the molecule is COc1ccccc1[C@H]1C(C(=O)OC(C)C)=C(C(F)(F)F)N=C2SC=C(CC(=O)NC[C@@H]3CCCO3)N21. The number of esters is 1. The average molecular weight is 540 g/mol. The van der Waals surface area contributed by atoms with Crippen LogP contribution in [0.5, 0.6) is 5.75 Å². The summed E-state index contributed by atoms with van der Waals surface area (Å²) < 4.78 is 59.0. The second-order valence-corrected chi connectivity index (χ2v) is 9.80. The van der Waals surface area contributed by atoms with Crippen LogP contribution in [0.1, 0.15) is 44.7 Å². The second kappa shape index (κ2) is 11.2. The molecule has 1 fully saturated rings. The van der Waals surface area contributed by atoms with Crippen molar-refractivity contribution in [1.82, 2.24) is 10.2 Å². The molecule has 3 heterocycles. The molecule has 3 aliphatic rings. The van der Waals surface area contributed by atoms with E-state index in [2.05, 4.69) is 10.3 Å². The smallest absolute Gasteiger partial charge is 0.434 e. The predicted octanol–water partition coefficient (Wildman–Crippen LogP) is 4.45. The highest BCUT2D eigenvalue weighted by molar-refractivity contribution is 8.16. The molecular formula is C25H28F3N3O5S. The summed E-state index contributed by atoms with van der Waals surface area (Å²) in [7, 11) is 1.39. The molecular weight excluding hydrogens is 511 g/mol. The topological polar surface area (TPSA) is 89.5 Å². The number of methoxy groups -OCH3 is 1. The Hall–Kier alpha value is -2.99. The Morgan fingerprint density at radius 1 is 1.30 bits per heavy atom. The van der Waals surface area contributed by atoms with E-state index < -0.39 is 35.6 Å². The largest absolute Gasteiger partial charge is 0.496 e. The molecule has 0 radical (unpaired) electrons. The van der Waals surface area contributed by atoms with Gasteiger partial charge < -0.3 is 24.4 Å². The fourth-order valence-corrected chi connectivity index (χ4v) is 5.32. The van der Waals surface area contributed by atoms with Crippen LogP contribution in [-0.4, -0.2) is 60.6 Å². The van der Waals surface area contributed by atoms with Crippen LogP contribution < -0.4 is 10.1 Å². The van der Waals surface area contributed by atoms with E-state index in [1.807, 2.05) is 0 Å². The van der Waals surface area contributed by atoms with Crippen molar-refractivity contribution in [3.63, 3.8) is 0 Å². The van der Waals surface area contributed by atoms with Crippen LogP contribution in [0.4, 0.5) is 13.2 Å². The van der Waals surface area contributed by atoms with E-state index in [4.69, 9.17) is 14.2 Å². The third-order valence-corrected chi connectivity index (χ3v) is 6.86. The van der Waals surface area contributed by atoms with E-state index in [1.54, 1.807) is 43.5 Å². The van der Waals surface area contributed by atoms with Gasteiger partial charge in [0.2, 0.25) is 5.91 Å². The minimum atomic E-state index is -4.92. The third-order valence-electron chi connectivity index (χ3n) is 5.97. The van der Waals surface area contributed by atoms with Gasteiger partial charge in [-0.25, -0.2) is 9.79 Å². The maximum absolute atomic E-state index is 14.2. The van der Waals surface area contributed by atoms with Crippen LogP contribution in [0.2, 0.25) is 0 Å². The van der Waals surface area contributed by atoms with Crippen molar-refractivity contribution in [2.45, 2.75) is 57.5 Å². The monoisotopic (exact) mass is 539 g/mol. The number of alkyl halides is 3. The summed E-state index contributed by atoms with van der Waals surface area (Å²) in [4.78, 5) is 31.3. The molecule has 1 N–H and O–H groups in total. The van der Waals surface area contributed by atoms with Gasteiger partial charge in [-0.05, 0) is 38.2 Å². The molecule has 200 valence electrons. The number of halogens is 3. The zero-order valence-electron chi connectivity index (χ0n) is 20.6. The summed E-state index contributed by atoms with van der Waals surface area (Å²) in [5.41, 5.74) is -1.28. The lowest BCUT2D eigenvalue weighted by Gasteiger charge is -2.37. The number of ether oxygens (including phenoxy) is 3. The van der Waals surface area contributed by atoms with Crippen LogP contribution in [0, 0.1) is 0 Å². The zero-order valence-corrected chi connectivity index (χ0v) is 21.4. The van der Waals surface area contributed by atoms with Crippen LogP contribution in [0.15, 0.2) is 51.6 Å². The number of amides is 1. The van der Waals surface area contributed by atoms with Crippen molar-refractivity contribution in [3.8, 4) is 5.75 Å². The molecule has 2 atom stereocenters. The van der Waals surface area contributed by atoms with Crippen LogP contribution in [0.3, 0.4) is 0 Å². The molecule has 0 unspecified atom stereocenters. The number of fused-ring (bicyclic) bond motifs is 1. The van der Waals surface area contributed by atoms with Crippen molar-refractivity contribution in [2.75, 3.05) is 20.3 Å². The number of nitrogens with one attached hydrogen (secondary N) is 1. The van der Waals surface area contributed by atoms with Gasteiger partial charge in [-0.2, -0.15) is 13.2 Å². The van der Waals surface area contributed by atoms with Crippen molar-refractivity contribution >= 4 is 28.8 Å². The fourth-order valence-electron chi connectivity index (χ4n) is 4.40. The highest BCUT2D eigenvalue weighted by Crippen LogP contribution is 2.49. The number of para-hydroxylation sites is 1. The van der Waals surface area contributed by atoms with Crippen LogP contribution >= 0.6 is 11.8 Å². The van der Waals surface area contributed by atoms with Crippen LogP contribution in [-0.2, 0) is 19.1 Å². The fraction of sp³-hybridized carbons (Fsp3) is 0.480. The molecule has 0 bridgehead atoms. The number of thioether (sulfide) groups is 1. The molecule has 3 aliphatic heterocycles. The molecule has 4 rings (SSSR count). The molecule has 1 amide bonds. The number of amidine groups is 1. The highest BCUT2D eigenvalue weighted by Gasteiger charge is 2.50. The number of carbonyl (C=O) groups is 2. The van der Waals surface area contributed by atoms with E-state index in [-0.39, 0.29) is 29.3 Å². The first-order valence-corrected chi connectivity index (χ1v) is 12.7. The second-order valence-electron chi connectivity index (χ2n) is 8.97. The maximum Gasteiger partial charge on any atom is 0.434 e. The van der Waals surface area contributed by atoms with Crippen molar-refractivity contribution in [3.05, 3.63) is 52.2 Å². The van der Waals surface area contributed by atoms with E-state index in [0.717, 1.165) is 24.6 Å². The molecule has 1 saturated heterocycles. The van der Waals surface area contributed by atoms with E-state index in [1.165, 1.54) is 12.0 Å². The first-order chi connectivity index (χ1) is 17.6. The van der Waals surface area contributed by atoms with Gasteiger partial charge in [0, 0.05) is 24.4 Å². The number of rotatable bonds is 8. The first-order valence-electron chi connectivity index (χ1n) is 11.9. The summed E-state index contributed by atoms with van der Waals surface area (Å²) >= 11 is 0.961. The maximum atomic E-state index is 14.2. The Labute approximate surface area is 216 Å². The summed E-state index contributed by atoms with van der Waals surface area (Å²) in [6.45, 7) is 4.10. The number of hydrogen-bond donors (Lipinski definition) is 1. The van der Waals surface area contributed by atoms with Gasteiger partial charge in [-0.15, -0.1) is 0 Å². The number of aliphatic imine (C=N–C) groups is 1. The average Bonchev–Trinajstić information content (AvgIpc) is 3.51. The number of nitrogens with zero attached hydrogens (tertiary/aromatic N) is 2. The van der Waals surface area contributed by atoms with Gasteiger partial charge in [-0.3, -0.25) is 4.79 Å². The molecule has 37 heavy (non-hydrogen) atoms. The van der Waals surface area contributed by atoms with Crippen LogP contribution in [0.25, 0.3) is 0 Å². The molecule has 8 nitrogen and oxygen atoms in total.